The van der Waals surface area contributed by atoms with E-state index in [1.807, 2.05) is 18.2 Å². The molecule has 1 saturated heterocycles. The fourth-order valence-electron chi connectivity index (χ4n) is 4.09. The number of amides is 2. The molecule has 4 rings (SSSR count). The molecule has 0 unspecified atom stereocenters. The van der Waals surface area contributed by atoms with Crippen molar-refractivity contribution in [3.05, 3.63) is 94.0 Å². The van der Waals surface area contributed by atoms with Gasteiger partial charge in [0.25, 0.3) is 17.5 Å². The molecular formula is C26H26N4O4. The van der Waals surface area contributed by atoms with Crippen LogP contribution in [-0.4, -0.2) is 36.9 Å². The molecular weight excluding hydrogens is 432 g/mol. The maximum atomic E-state index is 13.2. The fourth-order valence-corrected chi connectivity index (χ4v) is 4.09. The van der Waals surface area contributed by atoms with Crippen LogP contribution in [0.4, 0.5) is 22.7 Å². The summed E-state index contributed by atoms with van der Waals surface area (Å²) in [5, 5.41) is 13.5. The molecule has 34 heavy (non-hydrogen) atoms. The van der Waals surface area contributed by atoms with E-state index in [1.54, 1.807) is 36.2 Å². The minimum absolute atomic E-state index is 0.0783. The number of piperidine rings is 1. The molecule has 8 nitrogen and oxygen atoms in total. The zero-order chi connectivity index (χ0) is 24.1. The summed E-state index contributed by atoms with van der Waals surface area (Å²) in [6.45, 7) is 1.98. The molecule has 3 aromatic rings. The standard InChI is InChI=1S/C26H26N4O4/c1-28(23-7-3-4-8-24(23)29-17-5-2-6-18-29)26(32)20-9-13-21(14-10-20)27-25(31)19-11-15-22(16-12-19)30(33)34/h3-4,7-16H,2,5-6,17-18H2,1H3,(H,27,31). The van der Waals surface area contributed by atoms with Crippen molar-refractivity contribution in [3.63, 3.8) is 0 Å². The van der Waals surface area contributed by atoms with Crippen LogP contribution in [0.15, 0.2) is 72.8 Å². The van der Waals surface area contributed by atoms with Crippen LogP contribution in [0.2, 0.25) is 0 Å². The Labute approximate surface area is 198 Å². The largest absolute Gasteiger partial charge is 0.370 e. The van der Waals surface area contributed by atoms with Gasteiger partial charge in [0.1, 0.15) is 0 Å². The van der Waals surface area contributed by atoms with Crippen molar-refractivity contribution >= 4 is 34.6 Å². The molecule has 1 N–H and O–H groups in total. The van der Waals surface area contributed by atoms with Gasteiger partial charge in [-0.2, -0.15) is 0 Å². The number of carbonyl (C=O) groups excluding carboxylic acids is 2. The normalized spacial score (nSPS) is 13.3. The van der Waals surface area contributed by atoms with Gasteiger partial charge in [0.15, 0.2) is 0 Å². The maximum Gasteiger partial charge on any atom is 0.269 e. The SMILES string of the molecule is CN(C(=O)c1ccc(NC(=O)c2ccc([N+](=O)[O-])cc2)cc1)c1ccccc1N1CCCCC1. The molecule has 2 amide bonds. The van der Waals surface area contributed by atoms with Gasteiger partial charge >= 0.3 is 0 Å². The number of rotatable bonds is 6. The average Bonchev–Trinajstić information content (AvgIpc) is 2.89. The molecule has 0 bridgehead atoms. The highest BCUT2D eigenvalue weighted by Crippen LogP contribution is 2.31. The van der Waals surface area contributed by atoms with Crippen LogP contribution in [0.1, 0.15) is 40.0 Å². The second-order valence-corrected chi connectivity index (χ2v) is 8.24. The minimum atomic E-state index is -0.515. The zero-order valence-electron chi connectivity index (χ0n) is 18.9. The molecule has 1 aliphatic rings. The maximum absolute atomic E-state index is 13.2. The Bertz CT molecular complexity index is 1190. The Morgan fingerprint density at radius 1 is 0.882 bits per heavy atom. The first kappa shape index (κ1) is 23.0. The molecule has 0 spiro atoms. The predicted molar refractivity (Wildman–Crippen MR) is 133 cm³/mol. The Balaban J connectivity index is 1.45. The Morgan fingerprint density at radius 2 is 1.50 bits per heavy atom. The lowest BCUT2D eigenvalue weighted by Crippen LogP contribution is -2.33. The van der Waals surface area contributed by atoms with E-state index >= 15 is 0 Å². The lowest BCUT2D eigenvalue weighted by Gasteiger charge is -2.32. The van der Waals surface area contributed by atoms with Crippen molar-refractivity contribution in [1.29, 1.82) is 0 Å². The zero-order valence-corrected chi connectivity index (χ0v) is 18.9. The van der Waals surface area contributed by atoms with Crippen LogP contribution in [0, 0.1) is 10.1 Å². The first-order chi connectivity index (χ1) is 16.4. The Morgan fingerprint density at radius 3 is 2.15 bits per heavy atom. The van der Waals surface area contributed by atoms with E-state index < -0.39 is 4.92 Å². The molecule has 3 aromatic carbocycles. The van der Waals surface area contributed by atoms with Gasteiger partial charge in [-0.3, -0.25) is 19.7 Å². The number of nitro benzene ring substituents is 1. The number of non-ortho nitro benzene ring substituents is 1. The molecule has 174 valence electrons. The lowest BCUT2D eigenvalue weighted by atomic mass is 10.1. The molecule has 0 saturated carbocycles. The summed E-state index contributed by atoms with van der Waals surface area (Å²) in [5.74, 6) is -0.528. The number of hydrogen-bond acceptors (Lipinski definition) is 5. The minimum Gasteiger partial charge on any atom is -0.370 e. The number of benzene rings is 3. The van der Waals surface area contributed by atoms with Crippen molar-refractivity contribution in [2.45, 2.75) is 19.3 Å². The first-order valence-corrected chi connectivity index (χ1v) is 11.2. The van der Waals surface area contributed by atoms with Gasteiger partial charge in [-0.25, -0.2) is 0 Å². The van der Waals surface area contributed by atoms with Crippen LogP contribution in [0.3, 0.4) is 0 Å². The number of nitrogens with zero attached hydrogens (tertiary/aromatic N) is 3. The summed E-state index contributed by atoms with van der Waals surface area (Å²) in [7, 11) is 1.77. The van der Waals surface area contributed by atoms with E-state index in [0.29, 0.717) is 16.8 Å². The summed E-state index contributed by atoms with van der Waals surface area (Å²) in [6.07, 6.45) is 3.54. The van der Waals surface area contributed by atoms with Gasteiger partial charge in [0, 0.05) is 49.1 Å². The van der Waals surface area contributed by atoms with Gasteiger partial charge in [0.2, 0.25) is 0 Å². The van der Waals surface area contributed by atoms with E-state index in [-0.39, 0.29) is 17.5 Å². The highest BCUT2D eigenvalue weighted by atomic mass is 16.6. The third kappa shape index (κ3) is 5.06. The number of nitrogens with one attached hydrogen (secondary N) is 1. The summed E-state index contributed by atoms with van der Waals surface area (Å²) in [6, 6.07) is 20.0. The number of nitro groups is 1. The second-order valence-electron chi connectivity index (χ2n) is 8.24. The summed E-state index contributed by atoms with van der Waals surface area (Å²) in [5.41, 5.74) is 3.18. The summed E-state index contributed by atoms with van der Waals surface area (Å²) in [4.78, 5) is 39.9. The van der Waals surface area contributed by atoms with E-state index in [4.69, 9.17) is 0 Å². The predicted octanol–water partition coefficient (Wildman–Crippen LogP) is 5.11. The van der Waals surface area contributed by atoms with Gasteiger partial charge < -0.3 is 15.1 Å². The second kappa shape index (κ2) is 10.2. The van der Waals surface area contributed by atoms with Crippen molar-refractivity contribution < 1.29 is 14.5 Å². The van der Waals surface area contributed by atoms with Gasteiger partial charge in [-0.15, -0.1) is 0 Å². The van der Waals surface area contributed by atoms with Crippen LogP contribution >= 0.6 is 0 Å². The fraction of sp³-hybridized carbons (Fsp3) is 0.231. The molecule has 1 heterocycles. The van der Waals surface area contributed by atoms with Crippen molar-refractivity contribution in [2.75, 3.05) is 35.3 Å². The van der Waals surface area contributed by atoms with Crippen LogP contribution < -0.4 is 15.1 Å². The van der Waals surface area contributed by atoms with E-state index in [1.165, 1.54) is 30.7 Å². The molecule has 0 atom stereocenters. The molecule has 1 fully saturated rings. The van der Waals surface area contributed by atoms with E-state index in [2.05, 4.69) is 16.3 Å². The average molecular weight is 459 g/mol. The van der Waals surface area contributed by atoms with E-state index in [9.17, 15) is 19.7 Å². The topological polar surface area (TPSA) is 95.8 Å². The van der Waals surface area contributed by atoms with Crippen molar-refractivity contribution in [2.24, 2.45) is 0 Å². The van der Waals surface area contributed by atoms with Crippen molar-refractivity contribution in [1.82, 2.24) is 0 Å². The quantitative estimate of drug-likeness (QED) is 0.409. The van der Waals surface area contributed by atoms with Crippen molar-refractivity contribution in [3.8, 4) is 0 Å². The highest BCUT2D eigenvalue weighted by molar-refractivity contribution is 6.08. The summed E-state index contributed by atoms with van der Waals surface area (Å²) < 4.78 is 0. The molecule has 0 aromatic heterocycles. The highest BCUT2D eigenvalue weighted by Gasteiger charge is 2.20. The van der Waals surface area contributed by atoms with Gasteiger partial charge in [-0.1, -0.05) is 12.1 Å². The lowest BCUT2D eigenvalue weighted by molar-refractivity contribution is -0.384. The Kier molecular flexibility index (Phi) is 6.87. The number of para-hydroxylation sites is 2. The Hall–Kier alpha value is -4.20. The number of anilines is 3. The summed E-state index contributed by atoms with van der Waals surface area (Å²) >= 11 is 0. The van der Waals surface area contributed by atoms with Crippen LogP contribution in [0.5, 0.6) is 0 Å². The number of hydrogen-bond donors (Lipinski definition) is 1. The molecule has 0 aliphatic carbocycles. The third-order valence-corrected chi connectivity index (χ3v) is 5.97. The number of carbonyl (C=O) groups is 2. The monoisotopic (exact) mass is 458 g/mol. The smallest absolute Gasteiger partial charge is 0.269 e. The molecule has 1 aliphatic heterocycles. The molecule has 8 heteroatoms. The van der Waals surface area contributed by atoms with Crippen LogP contribution in [0.25, 0.3) is 0 Å². The first-order valence-electron chi connectivity index (χ1n) is 11.2. The van der Waals surface area contributed by atoms with Gasteiger partial charge in [-0.05, 0) is 67.8 Å². The third-order valence-electron chi connectivity index (χ3n) is 5.97. The van der Waals surface area contributed by atoms with Crippen LogP contribution in [-0.2, 0) is 0 Å². The van der Waals surface area contributed by atoms with E-state index in [0.717, 1.165) is 37.3 Å². The molecule has 0 radical (unpaired) electrons. The van der Waals surface area contributed by atoms with Gasteiger partial charge in [0.05, 0.1) is 16.3 Å².